The van der Waals surface area contributed by atoms with Crippen LogP contribution in [0.5, 0.6) is 5.75 Å². The Hall–Kier alpha value is -1.95. The number of para-hydroxylation sites is 1. The first-order valence-electron chi connectivity index (χ1n) is 6.14. The van der Waals surface area contributed by atoms with Gasteiger partial charge >= 0.3 is 0 Å². The van der Waals surface area contributed by atoms with Crippen LogP contribution in [0, 0.1) is 11.6 Å². The highest BCUT2D eigenvalue weighted by Crippen LogP contribution is 2.16. The molecule has 2 aromatic rings. The first-order valence-corrected chi connectivity index (χ1v) is 6.93. The van der Waals surface area contributed by atoms with Crippen LogP contribution < -0.4 is 10.1 Å². The monoisotopic (exact) mass is 355 g/mol. The van der Waals surface area contributed by atoms with Gasteiger partial charge in [-0.3, -0.25) is 4.79 Å². The maximum absolute atomic E-state index is 13.5. The third kappa shape index (κ3) is 4.53. The molecule has 0 radical (unpaired) electrons. The molecule has 0 aromatic heterocycles. The van der Waals surface area contributed by atoms with E-state index in [1.165, 1.54) is 24.3 Å². The van der Waals surface area contributed by atoms with Gasteiger partial charge in [0.25, 0.3) is 5.91 Å². The van der Waals surface area contributed by atoms with Gasteiger partial charge in [-0.25, -0.2) is 8.78 Å². The second kappa shape index (κ2) is 7.17. The number of hydrogen-bond donors (Lipinski definition) is 1. The largest absolute Gasteiger partial charge is 0.481 e. The lowest BCUT2D eigenvalue weighted by Gasteiger charge is -2.09. The van der Waals surface area contributed by atoms with E-state index in [1.54, 1.807) is 18.2 Å². The third-order valence-corrected chi connectivity index (χ3v) is 3.17. The molecule has 0 atom stereocenters. The van der Waals surface area contributed by atoms with Crippen molar-refractivity contribution in [2.24, 2.45) is 0 Å². The summed E-state index contributed by atoms with van der Waals surface area (Å²) in [6, 6.07) is 10.3. The van der Waals surface area contributed by atoms with Crippen molar-refractivity contribution in [1.82, 2.24) is 5.32 Å². The van der Waals surface area contributed by atoms with Gasteiger partial charge in [0.2, 0.25) is 0 Å². The predicted octanol–water partition coefficient (Wildman–Crippen LogP) is 3.42. The quantitative estimate of drug-likeness (QED) is 0.892. The lowest BCUT2D eigenvalue weighted by atomic mass is 10.2. The van der Waals surface area contributed by atoms with Crippen molar-refractivity contribution < 1.29 is 18.3 Å². The lowest BCUT2D eigenvalue weighted by Crippen LogP contribution is -2.28. The van der Waals surface area contributed by atoms with E-state index in [9.17, 15) is 13.6 Å². The number of amides is 1. The fourth-order valence-electron chi connectivity index (χ4n) is 1.63. The zero-order valence-corrected chi connectivity index (χ0v) is 12.5. The van der Waals surface area contributed by atoms with Gasteiger partial charge in [0.1, 0.15) is 5.82 Å². The van der Waals surface area contributed by atoms with Crippen LogP contribution in [0.4, 0.5) is 8.78 Å². The molecule has 0 unspecified atom stereocenters. The van der Waals surface area contributed by atoms with Crippen molar-refractivity contribution in [2.45, 2.75) is 6.54 Å². The first-order chi connectivity index (χ1) is 10.1. The van der Waals surface area contributed by atoms with Gasteiger partial charge in [0.05, 0.1) is 0 Å². The molecule has 6 heteroatoms. The zero-order chi connectivity index (χ0) is 15.2. The topological polar surface area (TPSA) is 38.3 Å². The Morgan fingerprint density at radius 3 is 2.67 bits per heavy atom. The average Bonchev–Trinajstić information content (AvgIpc) is 2.47. The highest BCUT2D eigenvalue weighted by molar-refractivity contribution is 9.10. The Kier molecular flexibility index (Phi) is 5.27. The molecular formula is C15H12BrF2NO2. The van der Waals surface area contributed by atoms with Gasteiger partial charge in [0, 0.05) is 16.6 Å². The summed E-state index contributed by atoms with van der Waals surface area (Å²) in [5.41, 5.74) is 0.351. The maximum Gasteiger partial charge on any atom is 0.258 e. The molecule has 0 fully saturated rings. The van der Waals surface area contributed by atoms with Crippen molar-refractivity contribution in [3.63, 3.8) is 0 Å². The summed E-state index contributed by atoms with van der Waals surface area (Å²) in [6.45, 7) is -0.304. The number of hydrogen-bond acceptors (Lipinski definition) is 2. The van der Waals surface area contributed by atoms with Crippen molar-refractivity contribution in [1.29, 1.82) is 0 Å². The van der Waals surface area contributed by atoms with Gasteiger partial charge in [-0.1, -0.05) is 28.1 Å². The Bertz CT molecular complexity index is 649. The highest BCUT2D eigenvalue weighted by Gasteiger charge is 2.08. The molecule has 21 heavy (non-hydrogen) atoms. The van der Waals surface area contributed by atoms with Crippen molar-refractivity contribution in [3.05, 3.63) is 64.1 Å². The van der Waals surface area contributed by atoms with Gasteiger partial charge in [-0.2, -0.15) is 0 Å². The molecule has 0 aliphatic rings. The standard InChI is InChI=1S/C15H12BrF2NO2/c16-11-5-6-12(17)10(7-11)8-19-15(20)9-21-14-4-2-1-3-13(14)18/h1-7H,8-9H2,(H,19,20). The summed E-state index contributed by atoms with van der Waals surface area (Å²) in [5, 5.41) is 2.51. The Morgan fingerprint density at radius 1 is 1.14 bits per heavy atom. The summed E-state index contributed by atoms with van der Waals surface area (Å²) in [6.07, 6.45) is 0. The smallest absolute Gasteiger partial charge is 0.258 e. The summed E-state index contributed by atoms with van der Waals surface area (Å²) >= 11 is 3.23. The number of rotatable bonds is 5. The van der Waals surface area contributed by atoms with Crippen LogP contribution in [-0.2, 0) is 11.3 Å². The Morgan fingerprint density at radius 2 is 1.90 bits per heavy atom. The molecule has 2 rings (SSSR count). The van der Waals surface area contributed by atoms with Crippen LogP contribution in [0.2, 0.25) is 0 Å². The van der Waals surface area contributed by atoms with Gasteiger partial charge < -0.3 is 10.1 Å². The second-order valence-electron chi connectivity index (χ2n) is 4.23. The Balaban J connectivity index is 1.85. The number of carbonyl (C=O) groups is 1. The van der Waals surface area contributed by atoms with Crippen LogP contribution >= 0.6 is 15.9 Å². The van der Waals surface area contributed by atoms with Crippen molar-refractivity contribution >= 4 is 21.8 Å². The number of halogens is 3. The average molecular weight is 356 g/mol. The molecule has 110 valence electrons. The number of ether oxygens (including phenoxy) is 1. The third-order valence-electron chi connectivity index (χ3n) is 2.68. The van der Waals surface area contributed by atoms with Crippen molar-refractivity contribution in [2.75, 3.05) is 6.61 Å². The SMILES string of the molecule is O=C(COc1ccccc1F)NCc1cc(Br)ccc1F. The normalized spacial score (nSPS) is 10.2. The maximum atomic E-state index is 13.5. The van der Waals surface area contributed by atoms with E-state index in [-0.39, 0.29) is 18.9 Å². The molecular weight excluding hydrogens is 344 g/mol. The molecule has 0 bridgehead atoms. The molecule has 1 N–H and O–H groups in total. The summed E-state index contributed by atoms with van der Waals surface area (Å²) in [5.74, 6) is -1.41. The minimum atomic E-state index is -0.539. The number of carbonyl (C=O) groups excluding carboxylic acids is 1. The van der Waals surface area contributed by atoms with E-state index in [4.69, 9.17) is 4.74 Å². The summed E-state index contributed by atoms with van der Waals surface area (Å²) < 4.78 is 32.5. The van der Waals surface area contributed by atoms with Crippen molar-refractivity contribution in [3.8, 4) is 5.75 Å². The number of nitrogens with one attached hydrogen (secondary N) is 1. The van der Waals surface area contributed by atoms with E-state index in [1.807, 2.05) is 0 Å². The molecule has 1 amide bonds. The number of benzene rings is 2. The minimum absolute atomic E-state index is 0.00119. The molecule has 2 aromatic carbocycles. The van der Waals surface area contributed by atoms with Crippen LogP contribution in [-0.4, -0.2) is 12.5 Å². The van der Waals surface area contributed by atoms with E-state index in [0.717, 1.165) is 4.47 Å². The van der Waals surface area contributed by atoms with Crippen LogP contribution in [0.3, 0.4) is 0 Å². The molecule has 0 saturated heterocycles. The van der Waals surface area contributed by atoms with E-state index in [2.05, 4.69) is 21.2 Å². The molecule has 3 nitrogen and oxygen atoms in total. The lowest BCUT2D eigenvalue weighted by molar-refractivity contribution is -0.123. The summed E-state index contributed by atoms with van der Waals surface area (Å²) in [4.78, 5) is 11.6. The van der Waals surface area contributed by atoms with Gasteiger partial charge in [-0.15, -0.1) is 0 Å². The summed E-state index contributed by atoms with van der Waals surface area (Å²) in [7, 11) is 0. The van der Waals surface area contributed by atoms with E-state index < -0.39 is 17.5 Å². The molecule has 0 aliphatic heterocycles. The fraction of sp³-hybridized carbons (Fsp3) is 0.133. The Labute approximate surface area is 129 Å². The highest BCUT2D eigenvalue weighted by atomic mass is 79.9. The minimum Gasteiger partial charge on any atom is -0.481 e. The second-order valence-corrected chi connectivity index (χ2v) is 5.15. The van der Waals surface area contributed by atoms with Gasteiger partial charge in [-0.05, 0) is 30.3 Å². The van der Waals surface area contributed by atoms with E-state index >= 15 is 0 Å². The zero-order valence-electron chi connectivity index (χ0n) is 10.9. The first kappa shape index (κ1) is 15.4. The van der Waals surface area contributed by atoms with Gasteiger partial charge in [0.15, 0.2) is 18.2 Å². The van der Waals surface area contributed by atoms with E-state index in [0.29, 0.717) is 5.56 Å². The molecule has 0 heterocycles. The predicted molar refractivity (Wildman–Crippen MR) is 77.8 cm³/mol. The van der Waals surface area contributed by atoms with Crippen LogP contribution in [0.15, 0.2) is 46.9 Å². The van der Waals surface area contributed by atoms with Crippen LogP contribution in [0.25, 0.3) is 0 Å². The molecule has 0 aliphatic carbocycles. The van der Waals surface area contributed by atoms with Crippen LogP contribution in [0.1, 0.15) is 5.56 Å². The molecule has 0 spiro atoms. The fourth-order valence-corrected chi connectivity index (χ4v) is 2.04. The molecule has 0 saturated carbocycles.